The van der Waals surface area contributed by atoms with Gasteiger partial charge in [-0.05, 0) is 48.6 Å². The molecule has 136 valence electrons. The van der Waals surface area contributed by atoms with E-state index in [0.717, 1.165) is 18.4 Å². The lowest BCUT2D eigenvalue weighted by atomic mass is 9.99. The molecule has 2 aromatic rings. The first-order valence-corrected chi connectivity index (χ1v) is 8.99. The van der Waals surface area contributed by atoms with E-state index < -0.39 is 11.8 Å². The van der Waals surface area contributed by atoms with Crippen LogP contribution in [0.5, 0.6) is 5.75 Å². The van der Waals surface area contributed by atoms with E-state index >= 15 is 0 Å². The molecular weight excluding hydrogens is 328 g/mol. The van der Waals surface area contributed by atoms with Crippen molar-refractivity contribution in [2.24, 2.45) is 5.92 Å². The van der Waals surface area contributed by atoms with Crippen LogP contribution in [0, 0.1) is 5.92 Å². The van der Waals surface area contributed by atoms with Crippen LogP contribution >= 0.6 is 0 Å². The van der Waals surface area contributed by atoms with Crippen molar-refractivity contribution in [1.29, 1.82) is 0 Å². The number of hydrogen-bond donors (Lipinski definition) is 1. The van der Waals surface area contributed by atoms with E-state index in [1.54, 1.807) is 29.2 Å². The average molecular weight is 352 g/mol. The fraction of sp³-hybridized carbons (Fsp3) is 0.333. The molecule has 1 aliphatic heterocycles. The van der Waals surface area contributed by atoms with Gasteiger partial charge in [0.05, 0.1) is 0 Å². The first-order valence-electron chi connectivity index (χ1n) is 8.99. The molecule has 26 heavy (non-hydrogen) atoms. The fourth-order valence-electron chi connectivity index (χ4n) is 2.92. The molecule has 0 unspecified atom stereocenters. The van der Waals surface area contributed by atoms with E-state index in [2.05, 4.69) is 12.2 Å². The van der Waals surface area contributed by atoms with Gasteiger partial charge in [0.15, 0.2) is 0 Å². The van der Waals surface area contributed by atoms with Crippen molar-refractivity contribution < 1.29 is 14.3 Å². The minimum atomic E-state index is -0.586. The topological polar surface area (TPSA) is 58.6 Å². The average Bonchev–Trinajstić information content (AvgIpc) is 2.68. The van der Waals surface area contributed by atoms with Crippen LogP contribution in [0.1, 0.15) is 25.3 Å². The van der Waals surface area contributed by atoms with Gasteiger partial charge in [0.1, 0.15) is 12.4 Å². The van der Waals surface area contributed by atoms with Crippen LogP contribution in [0.4, 0.5) is 5.69 Å². The molecule has 2 amide bonds. The third-order valence-electron chi connectivity index (χ3n) is 4.63. The molecule has 0 spiro atoms. The third kappa shape index (κ3) is 4.85. The molecule has 1 aliphatic rings. The number of anilines is 1. The zero-order valence-corrected chi connectivity index (χ0v) is 15.0. The molecule has 1 heterocycles. The number of ether oxygens (including phenoxy) is 1. The van der Waals surface area contributed by atoms with Crippen LogP contribution in [0.25, 0.3) is 0 Å². The predicted molar refractivity (Wildman–Crippen MR) is 101 cm³/mol. The van der Waals surface area contributed by atoms with Gasteiger partial charge in [0, 0.05) is 18.8 Å². The fourth-order valence-corrected chi connectivity index (χ4v) is 2.92. The van der Waals surface area contributed by atoms with Crippen molar-refractivity contribution in [2.45, 2.75) is 26.4 Å². The van der Waals surface area contributed by atoms with Gasteiger partial charge >= 0.3 is 11.8 Å². The first-order chi connectivity index (χ1) is 12.6. The van der Waals surface area contributed by atoms with Crippen LogP contribution in [-0.4, -0.2) is 29.8 Å². The van der Waals surface area contributed by atoms with E-state index in [0.29, 0.717) is 37.1 Å². The molecule has 0 bridgehead atoms. The molecule has 1 N–H and O–H groups in total. The van der Waals surface area contributed by atoms with E-state index in [4.69, 9.17) is 4.74 Å². The maximum atomic E-state index is 12.2. The maximum Gasteiger partial charge on any atom is 0.313 e. The lowest BCUT2D eigenvalue weighted by molar-refractivity contribution is -0.144. The Balaban J connectivity index is 1.50. The summed E-state index contributed by atoms with van der Waals surface area (Å²) in [6.07, 6.45) is 1.90. The monoisotopic (exact) mass is 352 g/mol. The minimum Gasteiger partial charge on any atom is -0.489 e. The molecule has 0 radical (unpaired) electrons. The quantitative estimate of drug-likeness (QED) is 0.857. The Hall–Kier alpha value is -2.82. The Morgan fingerprint density at radius 3 is 2.35 bits per heavy atom. The number of nitrogens with zero attached hydrogens (tertiary/aromatic N) is 1. The summed E-state index contributed by atoms with van der Waals surface area (Å²) in [5, 5.41) is 2.67. The summed E-state index contributed by atoms with van der Waals surface area (Å²) >= 11 is 0. The van der Waals surface area contributed by atoms with Crippen molar-refractivity contribution in [3.05, 3.63) is 60.2 Å². The summed E-state index contributed by atoms with van der Waals surface area (Å²) in [5.74, 6) is 0.285. The van der Waals surface area contributed by atoms with E-state index in [1.165, 1.54) is 0 Å². The standard InChI is InChI=1S/C21H24N2O3/c1-16-11-13-23(14-12-16)21(25)20(24)22-18-7-9-19(10-8-18)26-15-17-5-3-2-4-6-17/h2-10,16H,11-15H2,1H3,(H,22,24). The smallest absolute Gasteiger partial charge is 0.313 e. The molecule has 0 atom stereocenters. The summed E-state index contributed by atoms with van der Waals surface area (Å²) < 4.78 is 5.72. The highest BCUT2D eigenvalue weighted by atomic mass is 16.5. The van der Waals surface area contributed by atoms with Crippen LogP contribution in [0.2, 0.25) is 0 Å². The number of amides is 2. The second kappa shape index (κ2) is 8.52. The van der Waals surface area contributed by atoms with Gasteiger partial charge in [-0.3, -0.25) is 9.59 Å². The van der Waals surface area contributed by atoms with Gasteiger partial charge in [-0.15, -0.1) is 0 Å². The molecular formula is C21H24N2O3. The van der Waals surface area contributed by atoms with Crippen LogP contribution in [0.3, 0.4) is 0 Å². The number of hydrogen-bond acceptors (Lipinski definition) is 3. The summed E-state index contributed by atoms with van der Waals surface area (Å²) in [7, 11) is 0. The minimum absolute atomic E-state index is 0.457. The lowest BCUT2D eigenvalue weighted by Crippen LogP contribution is -2.43. The number of nitrogens with one attached hydrogen (secondary N) is 1. The lowest BCUT2D eigenvalue weighted by Gasteiger charge is -2.29. The van der Waals surface area contributed by atoms with Gasteiger partial charge in [0.25, 0.3) is 0 Å². The molecule has 1 fully saturated rings. The normalized spacial score (nSPS) is 14.7. The van der Waals surface area contributed by atoms with Crippen LogP contribution < -0.4 is 10.1 Å². The number of piperidine rings is 1. The van der Waals surface area contributed by atoms with Crippen LogP contribution in [-0.2, 0) is 16.2 Å². The zero-order valence-electron chi connectivity index (χ0n) is 15.0. The number of benzene rings is 2. The van der Waals surface area contributed by atoms with Crippen molar-refractivity contribution in [3.63, 3.8) is 0 Å². The second-order valence-electron chi connectivity index (χ2n) is 6.73. The van der Waals surface area contributed by atoms with Crippen molar-refractivity contribution in [3.8, 4) is 5.75 Å². The highest BCUT2D eigenvalue weighted by Crippen LogP contribution is 2.19. The van der Waals surface area contributed by atoms with Crippen molar-refractivity contribution in [1.82, 2.24) is 4.90 Å². The maximum absolute atomic E-state index is 12.2. The predicted octanol–water partition coefficient (Wildman–Crippen LogP) is 3.46. The second-order valence-corrected chi connectivity index (χ2v) is 6.73. The Morgan fingerprint density at radius 1 is 1.04 bits per heavy atom. The Morgan fingerprint density at radius 2 is 1.69 bits per heavy atom. The largest absolute Gasteiger partial charge is 0.489 e. The van der Waals surface area contributed by atoms with Crippen molar-refractivity contribution in [2.75, 3.05) is 18.4 Å². The third-order valence-corrected chi connectivity index (χ3v) is 4.63. The summed E-state index contributed by atoms with van der Waals surface area (Å²) in [5.41, 5.74) is 1.67. The molecule has 5 nitrogen and oxygen atoms in total. The molecule has 1 saturated heterocycles. The summed E-state index contributed by atoms with van der Waals surface area (Å²) in [4.78, 5) is 26.0. The van der Waals surface area contributed by atoms with E-state index in [-0.39, 0.29) is 0 Å². The summed E-state index contributed by atoms with van der Waals surface area (Å²) in [6, 6.07) is 17.0. The van der Waals surface area contributed by atoms with Crippen LogP contribution in [0.15, 0.2) is 54.6 Å². The Kier molecular flexibility index (Phi) is 5.89. The summed E-state index contributed by atoms with van der Waals surface area (Å²) in [6.45, 7) is 3.96. The SMILES string of the molecule is CC1CCN(C(=O)C(=O)Nc2ccc(OCc3ccccc3)cc2)CC1. The van der Waals surface area contributed by atoms with Gasteiger partial charge in [-0.2, -0.15) is 0 Å². The molecule has 0 aromatic heterocycles. The molecule has 0 saturated carbocycles. The van der Waals surface area contributed by atoms with Gasteiger partial charge in [-0.25, -0.2) is 0 Å². The zero-order chi connectivity index (χ0) is 18.4. The molecule has 3 rings (SSSR count). The van der Waals surface area contributed by atoms with Gasteiger partial charge in [0.2, 0.25) is 0 Å². The van der Waals surface area contributed by atoms with E-state index in [1.807, 2.05) is 30.3 Å². The number of carbonyl (C=O) groups excluding carboxylic acids is 2. The molecule has 0 aliphatic carbocycles. The first kappa shape index (κ1) is 18.0. The highest BCUT2D eigenvalue weighted by molar-refractivity contribution is 6.39. The Labute approximate surface area is 154 Å². The van der Waals surface area contributed by atoms with Gasteiger partial charge < -0.3 is 15.0 Å². The molecule has 5 heteroatoms. The van der Waals surface area contributed by atoms with Crippen molar-refractivity contribution >= 4 is 17.5 Å². The van der Waals surface area contributed by atoms with E-state index in [9.17, 15) is 9.59 Å². The number of likely N-dealkylation sites (tertiary alicyclic amines) is 1. The highest BCUT2D eigenvalue weighted by Gasteiger charge is 2.25. The molecule has 2 aromatic carbocycles. The Bertz CT molecular complexity index is 736. The van der Waals surface area contributed by atoms with Gasteiger partial charge in [-0.1, -0.05) is 37.3 Å². The number of carbonyl (C=O) groups is 2. The number of rotatable bonds is 4.